The molecule has 2 aromatic carbocycles. The number of nitrogens with one attached hydrogen (secondary N) is 1. The summed E-state index contributed by atoms with van der Waals surface area (Å²) in [5, 5.41) is 17.2. The van der Waals surface area contributed by atoms with E-state index in [0.29, 0.717) is 13.2 Å². The monoisotopic (exact) mass is 608 g/mol. The molecular weight excluding hydrogens is 581 g/mol. The van der Waals surface area contributed by atoms with Gasteiger partial charge >= 0.3 is 12.1 Å². The third kappa shape index (κ3) is 7.25. The number of para-hydroxylation sites is 1. The number of hydrogen-bond donors (Lipinski definition) is 2. The molecule has 1 saturated heterocycles. The van der Waals surface area contributed by atoms with Crippen LogP contribution in [0.5, 0.6) is 5.75 Å². The summed E-state index contributed by atoms with van der Waals surface area (Å²) in [6, 6.07) is 18.5. The van der Waals surface area contributed by atoms with Gasteiger partial charge in [0.15, 0.2) is 0 Å². The van der Waals surface area contributed by atoms with Gasteiger partial charge in [0, 0.05) is 55.2 Å². The second-order valence-corrected chi connectivity index (χ2v) is 10.9. The molecule has 43 heavy (non-hydrogen) atoms. The van der Waals surface area contributed by atoms with Gasteiger partial charge in [-0.1, -0.05) is 48.2 Å². The Kier molecular flexibility index (Phi) is 8.84. The van der Waals surface area contributed by atoms with Crippen molar-refractivity contribution in [3.63, 3.8) is 0 Å². The van der Waals surface area contributed by atoms with Gasteiger partial charge in [-0.25, -0.2) is 4.79 Å². The number of fused-ring (bicyclic) bond motifs is 3. The van der Waals surface area contributed by atoms with Crippen molar-refractivity contribution in [3.8, 4) is 40.1 Å². The first-order valence-corrected chi connectivity index (χ1v) is 14.2. The van der Waals surface area contributed by atoms with Crippen molar-refractivity contribution in [2.24, 2.45) is 0 Å². The lowest BCUT2D eigenvalue weighted by atomic mass is 10.0. The van der Waals surface area contributed by atoms with Crippen molar-refractivity contribution in [2.75, 3.05) is 33.3 Å². The van der Waals surface area contributed by atoms with Crippen LogP contribution in [-0.2, 0) is 22.6 Å². The Morgan fingerprint density at radius 1 is 1.16 bits per heavy atom. The summed E-state index contributed by atoms with van der Waals surface area (Å²) in [6.45, 7) is 3.34. The molecule has 222 valence electrons. The second-order valence-electron chi connectivity index (χ2n) is 10.0. The molecular formula is C31H27F3N4O4S. The zero-order valence-corrected chi connectivity index (χ0v) is 23.9. The van der Waals surface area contributed by atoms with E-state index < -0.39 is 12.1 Å². The fourth-order valence-corrected chi connectivity index (χ4v) is 5.57. The van der Waals surface area contributed by atoms with E-state index in [9.17, 15) is 18.0 Å². The summed E-state index contributed by atoms with van der Waals surface area (Å²) in [5.74, 6) is 4.57. The number of ether oxygens (including phenoxy) is 1. The van der Waals surface area contributed by atoms with Crippen molar-refractivity contribution < 1.29 is 32.6 Å². The average Bonchev–Trinajstić information content (AvgIpc) is 3.69. The molecule has 0 bridgehead atoms. The summed E-state index contributed by atoms with van der Waals surface area (Å²) in [4.78, 5) is 26.0. The number of halogens is 3. The number of nitrogens with zero attached hydrogens (tertiary/aromatic N) is 3. The van der Waals surface area contributed by atoms with E-state index >= 15 is 0 Å². The Morgan fingerprint density at radius 3 is 2.65 bits per heavy atom. The Bertz CT molecular complexity index is 1690. The van der Waals surface area contributed by atoms with E-state index in [1.165, 1.54) is 22.3 Å². The maximum absolute atomic E-state index is 12.1. The number of aromatic amines is 1. The van der Waals surface area contributed by atoms with Gasteiger partial charge in [-0.15, -0.1) is 11.3 Å². The number of thiophene rings is 1. The summed E-state index contributed by atoms with van der Waals surface area (Å²) in [7, 11) is 1.87. The number of H-pyrrole nitrogens is 1. The van der Waals surface area contributed by atoms with E-state index in [1.54, 1.807) is 16.2 Å². The summed E-state index contributed by atoms with van der Waals surface area (Å²) < 4.78 is 37.4. The van der Waals surface area contributed by atoms with Gasteiger partial charge in [-0.3, -0.25) is 14.8 Å². The topological polar surface area (TPSA) is 98.8 Å². The number of alkyl halides is 3. The smallest absolute Gasteiger partial charge is 0.481 e. The SMILES string of the molecule is CN1CCN(Cc2ccc3c(c2)Cc2c(-c4csc(C#CCOc5ccccc5)c4)n[nH]c2-3)CC1=O.O=C(O)C(F)(F)F. The van der Waals surface area contributed by atoms with Crippen LogP contribution in [-0.4, -0.2) is 76.4 Å². The van der Waals surface area contributed by atoms with Crippen LogP contribution < -0.4 is 4.74 Å². The van der Waals surface area contributed by atoms with E-state index in [0.717, 1.165) is 53.6 Å². The first-order valence-electron chi connectivity index (χ1n) is 13.3. The minimum absolute atomic E-state index is 0.191. The predicted molar refractivity (Wildman–Crippen MR) is 156 cm³/mol. The van der Waals surface area contributed by atoms with Gasteiger partial charge in [0.1, 0.15) is 12.4 Å². The summed E-state index contributed by atoms with van der Waals surface area (Å²) in [5.41, 5.74) is 8.21. The molecule has 0 saturated carbocycles. The molecule has 1 aliphatic carbocycles. The quantitative estimate of drug-likeness (QED) is 0.271. The number of aliphatic carboxylic acids is 1. The summed E-state index contributed by atoms with van der Waals surface area (Å²) in [6.07, 6.45) is -4.23. The molecule has 2 aromatic heterocycles. The highest BCUT2D eigenvalue weighted by molar-refractivity contribution is 7.11. The Balaban J connectivity index is 0.000000472. The van der Waals surface area contributed by atoms with E-state index in [2.05, 4.69) is 56.6 Å². The van der Waals surface area contributed by atoms with Gasteiger partial charge in [-0.2, -0.15) is 18.3 Å². The number of carbonyl (C=O) groups is 2. The molecule has 3 heterocycles. The van der Waals surface area contributed by atoms with Crippen LogP contribution in [0.4, 0.5) is 13.2 Å². The number of carbonyl (C=O) groups excluding carboxylic acids is 1. The number of aromatic nitrogens is 2. The van der Waals surface area contributed by atoms with E-state index in [-0.39, 0.29) is 5.91 Å². The van der Waals surface area contributed by atoms with Crippen molar-refractivity contribution in [1.29, 1.82) is 0 Å². The number of rotatable bonds is 5. The lowest BCUT2D eigenvalue weighted by molar-refractivity contribution is -0.192. The molecule has 8 nitrogen and oxygen atoms in total. The molecule has 0 radical (unpaired) electrons. The summed E-state index contributed by atoms with van der Waals surface area (Å²) >= 11 is 1.63. The van der Waals surface area contributed by atoms with Crippen molar-refractivity contribution in [2.45, 2.75) is 19.1 Å². The highest BCUT2D eigenvalue weighted by Gasteiger charge is 2.38. The molecule has 2 N–H and O–H groups in total. The van der Waals surface area contributed by atoms with Gasteiger partial charge < -0.3 is 14.7 Å². The highest BCUT2D eigenvalue weighted by atomic mass is 32.1. The molecule has 0 unspecified atom stereocenters. The van der Waals surface area contributed by atoms with Crippen LogP contribution in [0.1, 0.15) is 21.6 Å². The third-order valence-corrected chi connectivity index (χ3v) is 7.84. The standard InChI is InChI=1S/C29H26N4O2S.C2HF3O2/c1-32-11-12-33(18-27(32)34)17-20-9-10-25-21(14-20)16-26-28(30-31-29(25)26)22-15-24(36-19-22)8-5-13-35-23-6-3-2-4-7-23;3-2(4,5)1(6)7/h2-4,6-7,9-10,14-15,19H,11-13,16-18H2,1H3,(H,30,31);(H,6,7). The first-order chi connectivity index (χ1) is 20.6. The van der Waals surface area contributed by atoms with Gasteiger partial charge in [0.25, 0.3) is 0 Å². The lowest BCUT2D eigenvalue weighted by Gasteiger charge is -2.32. The van der Waals surface area contributed by atoms with Crippen molar-refractivity contribution >= 4 is 23.2 Å². The normalized spacial score (nSPS) is 14.2. The molecule has 2 aliphatic rings. The number of carboxylic acids is 1. The number of carboxylic acid groups (broad SMARTS) is 1. The van der Waals surface area contributed by atoms with Crippen LogP contribution in [0.25, 0.3) is 22.5 Å². The zero-order chi connectivity index (χ0) is 30.6. The number of hydrogen-bond acceptors (Lipinski definition) is 6. The minimum Gasteiger partial charge on any atom is -0.481 e. The molecule has 1 fully saturated rings. The van der Waals surface area contributed by atoms with Crippen molar-refractivity contribution in [3.05, 3.63) is 81.5 Å². The number of likely N-dealkylation sites (N-methyl/N-ethyl adjacent to an activating group) is 1. The minimum atomic E-state index is -5.08. The first kappa shape index (κ1) is 29.9. The molecule has 0 spiro atoms. The fraction of sp³-hybridized carbons (Fsp3) is 0.258. The highest BCUT2D eigenvalue weighted by Crippen LogP contribution is 2.41. The van der Waals surface area contributed by atoms with Crippen LogP contribution in [0.3, 0.4) is 0 Å². The van der Waals surface area contributed by atoms with Gasteiger partial charge in [0.05, 0.1) is 22.8 Å². The molecule has 1 aliphatic heterocycles. The van der Waals surface area contributed by atoms with Crippen LogP contribution in [0.15, 0.2) is 60.0 Å². The van der Waals surface area contributed by atoms with Crippen molar-refractivity contribution in [1.82, 2.24) is 20.0 Å². The van der Waals surface area contributed by atoms with Gasteiger partial charge in [0.2, 0.25) is 5.91 Å². The predicted octanol–water partition coefficient (Wildman–Crippen LogP) is 5.05. The third-order valence-electron chi connectivity index (χ3n) is 7.00. The largest absolute Gasteiger partial charge is 0.490 e. The van der Waals surface area contributed by atoms with Crippen LogP contribution >= 0.6 is 11.3 Å². The van der Waals surface area contributed by atoms with E-state index in [1.807, 2.05) is 37.4 Å². The Labute approximate surface area is 249 Å². The number of piperazine rings is 1. The maximum atomic E-state index is 12.1. The molecule has 0 atom stereocenters. The molecule has 12 heteroatoms. The molecule has 1 amide bonds. The molecule has 6 rings (SSSR count). The maximum Gasteiger partial charge on any atom is 0.490 e. The number of benzene rings is 2. The van der Waals surface area contributed by atoms with Crippen LogP contribution in [0, 0.1) is 11.8 Å². The molecule has 4 aromatic rings. The van der Waals surface area contributed by atoms with E-state index in [4.69, 9.17) is 14.6 Å². The zero-order valence-electron chi connectivity index (χ0n) is 23.1. The average molecular weight is 609 g/mol. The lowest BCUT2D eigenvalue weighted by Crippen LogP contribution is -2.47. The Hall–Kier alpha value is -4.60. The van der Waals surface area contributed by atoms with Crippen LogP contribution in [0.2, 0.25) is 0 Å². The number of amides is 1. The fourth-order valence-electron chi connectivity index (χ4n) is 4.81. The Morgan fingerprint density at radius 2 is 1.93 bits per heavy atom. The van der Waals surface area contributed by atoms with Gasteiger partial charge in [-0.05, 0) is 29.3 Å². The second kappa shape index (κ2) is 12.7.